The summed E-state index contributed by atoms with van der Waals surface area (Å²) in [5, 5.41) is 10.7. The van der Waals surface area contributed by atoms with Crippen molar-refractivity contribution in [2.24, 2.45) is 18.1 Å². The molecule has 2 aromatic heterocycles. The first-order valence-electron chi connectivity index (χ1n) is 8.63. The van der Waals surface area contributed by atoms with Crippen molar-refractivity contribution < 1.29 is 13.2 Å². The van der Waals surface area contributed by atoms with Crippen LogP contribution in [0.3, 0.4) is 0 Å². The molecule has 1 saturated heterocycles. The standard InChI is InChI=1S/C18H20N4O3S2/c1-21-18-14(16(20-21)13-5-3-2-4-6-13)9-15(26-18)17(23)22-8-7-12(10-22)11-27(19,24)25/h2-6,9,12H,7-8,10-11H2,1H3,(H2,19,24,25). The van der Waals surface area contributed by atoms with Crippen molar-refractivity contribution in [1.29, 1.82) is 0 Å². The van der Waals surface area contributed by atoms with Gasteiger partial charge in [-0.3, -0.25) is 9.48 Å². The summed E-state index contributed by atoms with van der Waals surface area (Å²) in [6.07, 6.45) is 0.657. The molecule has 0 radical (unpaired) electrons. The molecule has 0 saturated carbocycles. The molecule has 0 bridgehead atoms. The number of benzene rings is 1. The summed E-state index contributed by atoms with van der Waals surface area (Å²) in [7, 11) is -1.65. The summed E-state index contributed by atoms with van der Waals surface area (Å²) in [6, 6.07) is 11.8. The van der Waals surface area contributed by atoms with Gasteiger partial charge in [-0.2, -0.15) is 5.10 Å². The summed E-state index contributed by atoms with van der Waals surface area (Å²) in [5.74, 6) is -0.238. The maximum absolute atomic E-state index is 12.9. The number of amides is 1. The van der Waals surface area contributed by atoms with E-state index in [1.165, 1.54) is 11.3 Å². The number of nitrogens with two attached hydrogens (primary N) is 1. The zero-order valence-electron chi connectivity index (χ0n) is 14.8. The number of primary sulfonamides is 1. The molecular weight excluding hydrogens is 384 g/mol. The van der Waals surface area contributed by atoms with Crippen LogP contribution in [0.1, 0.15) is 16.1 Å². The molecule has 27 heavy (non-hydrogen) atoms. The second-order valence-corrected chi connectivity index (χ2v) is 9.59. The second-order valence-electron chi connectivity index (χ2n) is 6.90. The van der Waals surface area contributed by atoms with Crippen molar-refractivity contribution in [3.05, 3.63) is 41.3 Å². The van der Waals surface area contributed by atoms with Crippen LogP contribution in [-0.4, -0.2) is 47.8 Å². The third kappa shape index (κ3) is 3.62. The van der Waals surface area contributed by atoms with E-state index in [0.29, 0.717) is 24.4 Å². The number of hydrogen-bond donors (Lipinski definition) is 1. The van der Waals surface area contributed by atoms with Gasteiger partial charge in [-0.1, -0.05) is 30.3 Å². The average molecular weight is 405 g/mol. The predicted molar refractivity (Wildman–Crippen MR) is 106 cm³/mol. The van der Waals surface area contributed by atoms with Crippen LogP contribution in [0.4, 0.5) is 0 Å². The summed E-state index contributed by atoms with van der Waals surface area (Å²) in [6.45, 7) is 0.977. The van der Waals surface area contributed by atoms with Gasteiger partial charge in [0.05, 0.1) is 10.6 Å². The van der Waals surface area contributed by atoms with E-state index in [9.17, 15) is 13.2 Å². The highest BCUT2D eigenvalue weighted by Gasteiger charge is 2.30. The van der Waals surface area contributed by atoms with Crippen molar-refractivity contribution in [2.75, 3.05) is 18.8 Å². The lowest BCUT2D eigenvalue weighted by molar-refractivity contribution is 0.0793. The largest absolute Gasteiger partial charge is 0.338 e. The minimum Gasteiger partial charge on any atom is -0.338 e. The Hall–Kier alpha value is -2.23. The smallest absolute Gasteiger partial charge is 0.264 e. The third-order valence-electron chi connectivity index (χ3n) is 4.81. The first-order valence-corrected chi connectivity index (χ1v) is 11.2. The van der Waals surface area contributed by atoms with E-state index < -0.39 is 10.0 Å². The fourth-order valence-corrected chi connectivity index (χ4v) is 5.56. The number of thiophene rings is 1. The summed E-state index contributed by atoms with van der Waals surface area (Å²) in [4.78, 5) is 16.2. The molecule has 4 rings (SSSR count). The van der Waals surface area contributed by atoms with Crippen LogP contribution >= 0.6 is 11.3 Å². The van der Waals surface area contributed by atoms with E-state index in [2.05, 4.69) is 5.10 Å². The van der Waals surface area contributed by atoms with Crippen molar-refractivity contribution in [1.82, 2.24) is 14.7 Å². The number of carbonyl (C=O) groups excluding carboxylic acids is 1. The first kappa shape index (κ1) is 18.1. The molecule has 7 nitrogen and oxygen atoms in total. The van der Waals surface area contributed by atoms with Gasteiger partial charge in [0.25, 0.3) is 5.91 Å². The Labute approximate surface area is 161 Å². The van der Waals surface area contributed by atoms with Gasteiger partial charge in [0.1, 0.15) is 10.5 Å². The average Bonchev–Trinajstić information content (AvgIpc) is 3.31. The minimum absolute atomic E-state index is 0.0628. The maximum Gasteiger partial charge on any atom is 0.264 e. The van der Waals surface area contributed by atoms with E-state index in [4.69, 9.17) is 5.14 Å². The molecule has 1 aromatic carbocycles. The van der Waals surface area contributed by atoms with E-state index in [1.54, 1.807) is 9.58 Å². The number of nitrogens with zero attached hydrogens (tertiary/aromatic N) is 3. The van der Waals surface area contributed by atoms with E-state index in [1.807, 2.05) is 43.4 Å². The number of aryl methyl sites for hydroxylation is 1. The van der Waals surface area contributed by atoms with Gasteiger partial charge in [-0.15, -0.1) is 11.3 Å². The van der Waals surface area contributed by atoms with E-state index >= 15 is 0 Å². The number of rotatable bonds is 4. The molecule has 1 unspecified atom stereocenters. The Morgan fingerprint density at radius 3 is 2.78 bits per heavy atom. The number of likely N-dealkylation sites (tertiary alicyclic amines) is 1. The number of hydrogen-bond acceptors (Lipinski definition) is 5. The number of fused-ring (bicyclic) bond motifs is 1. The van der Waals surface area contributed by atoms with Crippen LogP contribution in [0.25, 0.3) is 21.5 Å². The zero-order chi connectivity index (χ0) is 19.2. The lowest BCUT2D eigenvalue weighted by Gasteiger charge is -2.15. The highest BCUT2D eigenvalue weighted by molar-refractivity contribution is 7.89. The molecule has 1 atom stereocenters. The number of aromatic nitrogens is 2. The second kappa shape index (κ2) is 6.74. The summed E-state index contributed by atoms with van der Waals surface area (Å²) >= 11 is 1.42. The van der Waals surface area contributed by atoms with Gasteiger partial charge in [0.2, 0.25) is 10.0 Å². The molecule has 3 aromatic rings. The van der Waals surface area contributed by atoms with Gasteiger partial charge < -0.3 is 4.90 Å². The van der Waals surface area contributed by atoms with Gasteiger partial charge in [-0.25, -0.2) is 13.6 Å². The van der Waals surface area contributed by atoms with E-state index in [-0.39, 0.29) is 17.6 Å². The molecule has 2 N–H and O–H groups in total. The summed E-state index contributed by atoms with van der Waals surface area (Å²) in [5.41, 5.74) is 1.87. The van der Waals surface area contributed by atoms with E-state index in [0.717, 1.165) is 21.5 Å². The van der Waals surface area contributed by atoms with Gasteiger partial charge >= 0.3 is 0 Å². The zero-order valence-corrected chi connectivity index (χ0v) is 16.5. The van der Waals surface area contributed by atoms with Crippen molar-refractivity contribution in [2.45, 2.75) is 6.42 Å². The van der Waals surface area contributed by atoms with Gasteiger partial charge in [0.15, 0.2) is 0 Å². The Morgan fingerprint density at radius 1 is 1.33 bits per heavy atom. The lowest BCUT2D eigenvalue weighted by atomic mass is 10.1. The fourth-order valence-electron chi connectivity index (χ4n) is 3.59. The molecule has 1 fully saturated rings. The number of carbonyl (C=O) groups is 1. The molecule has 9 heteroatoms. The molecule has 1 aliphatic heterocycles. The topological polar surface area (TPSA) is 98.3 Å². The minimum atomic E-state index is -3.52. The molecular formula is C18H20N4O3S2. The Bertz CT molecular complexity index is 1100. The van der Waals surface area contributed by atoms with Crippen LogP contribution in [0.2, 0.25) is 0 Å². The van der Waals surface area contributed by atoms with Gasteiger partial charge in [0, 0.05) is 31.1 Å². The van der Waals surface area contributed by atoms with Crippen molar-refractivity contribution >= 4 is 37.5 Å². The van der Waals surface area contributed by atoms with Crippen molar-refractivity contribution in [3.63, 3.8) is 0 Å². The van der Waals surface area contributed by atoms with Crippen molar-refractivity contribution in [3.8, 4) is 11.3 Å². The Balaban J connectivity index is 1.61. The highest BCUT2D eigenvalue weighted by atomic mass is 32.2. The van der Waals surface area contributed by atoms with Crippen LogP contribution in [-0.2, 0) is 17.1 Å². The van der Waals surface area contributed by atoms with Crippen LogP contribution in [0, 0.1) is 5.92 Å². The molecule has 1 aliphatic rings. The SMILES string of the molecule is Cn1nc(-c2ccccc2)c2cc(C(=O)N3CCC(CS(N)(=O)=O)C3)sc21. The monoisotopic (exact) mass is 404 g/mol. The Morgan fingerprint density at radius 2 is 2.07 bits per heavy atom. The maximum atomic E-state index is 12.9. The van der Waals surface area contributed by atoms with Crippen LogP contribution < -0.4 is 5.14 Å². The van der Waals surface area contributed by atoms with Crippen LogP contribution in [0.15, 0.2) is 36.4 Å². The number of sulfonamides is 1. The summed E-state index contributed by atoms with van der Waals surface area (Å²) < 4.78 is 24.4. The third-order valence-corrected chi connectivity index (χ3v) is 6.94. The molecule has 1 amide bonds. The lowest BCUT2D eigenvalue weighted by Crippen LogP contribution is -2.30. The normalized spacial score (nSPS) is 17.7. The predicted octanol–water partition coefficient (Wildman–Crippen LogP) is 2.05. The Kier molecular flexibility index (Phi) is 4.53. The first-order chi connectivity index (χ1) is 12.8. The molecule has 142 valence electrons. The van der Waals surface area contributed by atoms with Crippen LogP contribution in [0.5, 0.6) is 0 Å². The quantitative estimate of drug-likeness (QED) is 0.719. The molecule has 0 spiro atoms. The highest BCUT2D eigenvalue weighted by Crippen LogP contribution is 2.34. The fraction of sp³-hybridized carbons (Fsp3) is 0.333. The molecule has 0 aliphatic carbocycles. The molecule has 3 heterocycles. The van der Waals surface area contributed by atoms with Gasteiger partial charge in [-0.05, 0) is 18.4 Å².